The maximum absolute atomic E-state index is 9.90. The van der Waals surface area contributed by atoms with Crippen LogP contribution in [0.3, 0.4) is 0 Å². The van der Waals surface area contributed by atoms with Crippen LogP contribution in [0.2, 0.25) is 0 Å². The average molecular weight is 364 g/mol. The normalized spacial score (nSPS) is 10.3. The Morgan fingerprint density at radius 3 is 1.11 bits per heavy atom. The van der Waals surface area contributed by atoms with Gasteiger partial charge in [-0.2, -0.15) is 0 Å². The molecule has 0 saturated heterocycles. The summed E-state index contributed by atoms with van der Waals surface area (Å²) in [6.45, 7) is -1.25. The third kappa shape index (κ3) is 22.8. The first-order chi connectivity index (χ1) is 7.91. The predicted molar refractivity (Wildman–Crippen MR) is 49.7 cm³/mol. The minimum atomic E-state index is -4.91. The summed E-state index contributed by atoms with van der Waals surface area (Å²) in [5.41, 5.74) is 9.20. The van der Waals surface area contributed by atoms with Crippen LogP contribution in [0.5, 0.6) is 0 Å². The molecule has 0 atom stereocenters. The van der Waals surface area contributed by atoms with Crippen LogP contribution in [0.4, 0.5) is 0 Å². The van der Waals surface area contributed by atoms with Crippen molar-refractivity contribution in [3.8, 4) is 0 Å². The monoisotopic (exact) mass is 364 g/mol. The van der Waals surface area contributed by atoms with E-state index >= 15 is 0 Å². The number of carbonyl (C=O) groups is 2. The van der Waals surface area contributed by atoms with E-state index in [-0.39, 0.29) is 17.1 Å². The molecule has 0 heterocycles. The van der Waals surface area contributed by atoms with Gasteiger partial charge in [0.25, 0.3) is 20.8 Å². The van der Waals surface area contributed by atoms with E-state index in [2.05, 4.69) is 19.8 Å². The maximum Gasteiger partial charge on any atom is 2.00 e. The second kappa shape index (κ2) is 10.0. The number of hydrogen-bond donors (Lipinski definition) is 2. The predicted octanol–water partition coefficient (Wildman–Crippen LogP) is -4.11. The molecule has 15 heteroatoms. The van der Waals surface area contributed by atoms with Crippen molar-refractivity contribution < 1.29 is 61.0 Å². The molecule has 4 N–H and O–H groups in total. The van der Waals surface area contributed by atoms with Crippen LogP contribution < -0.4 is 11.5 Å². The van der Waals surface area contributed by atoms with Crippen LogP contribution in [-0.2, 0) is 55.8 Å². The number of rotatable bonds is 4. The molecule has 0 unspecified atom stereocenters. The van der Waals surface area contributed by atoms with Gasteiger partial charge in [-0.3, -0.25) is 0 Å². The molecule has 0 fully saturated rings. The molecule has 0 aliphatic rings. The molecule has 0 rings (SSSR count). The van der Waals surface area contributed by atoms with Gasteiger partial charge in [-0.1, -0.05) is 0 Å². The maximum atomic E-state index is 9.90. The van der Waals surface area contributed by atoms with Gasteiger partial charge >= 0.3 is 29.0 Å². The van der Waals surface area contributed by atoms with E-state index in [4.69, 9.17) is 0 Å². The van der Waals surface area contributed by atoms with E-state index in [0.717, 1.165) is 0 Å². The minimum absolute atomic E-state index is 0. The summed E-state index contributed by atoms with van der Waals surface area (Å²) >= 11 is 0. The molecular formula is C4H8FeN2O10S2. The van der Waals surface area contributed by atoms with Crippen molar-refractivity contribution in [3.05, 3.63) is 0 Å². The Labute approximate surface area is 118 Å². The van der Waals surface area contributed by atoms with Gasteiger partial charge in [0.2, 0.25) is 0 Å². The molecule has 19 heavy (non-hydrogen) atoms. The molecule has 0 aliphatic carbocycles. The fraction of sp³-hybridized carbons (Fsp3) is 0.500. The summed E-state index contributed by atoms with van der Waals surface area (Å²) in [5, 5.41) is 0. The molecule has 0 amide bonds. The Balaban J connectivity index is -0.000000256. The van der Waals surface area contributed by atoms with Crippen molar-refractivity contribution in [2.45, 2.75) is 0 Å². The van der Waals surface area contributed by atoms with Gasteiger partial charge < -0.3 is 28.9 Å². The summed E-state index contributed by atoms with van der Waals surface area (Å²) in [6, 6.07) is 0. The van der Waals surface area contributed by atoms with Crippen molar-refractivity contribution in [2.75, 3.05) is 13.1 Å². The first-order valence-electron chi connectivity index (χ1n) is 3.67. The van der Waals surface area contributed by atoms with Gasteiger partial charge in [-0.05, 0) is 0 Å². The van der Waals surface area contributed by atoms with E-state index in [9.17, 15) is 35.5 Å². The molecule has 0 saturated carbocycles. The Morgan fingerprint density at radius 1 is 0.842 bits per heavy atom. The van der Waals surface area contributed by atoms with E-state index in [1.807, 2.05) is 0 Å². The van der Waals surface area contributed by atoms with Crippen molar-refractivity contribution in [3.63, 3.8) is 0 Å². The zero-order chi connectivity index (χ0) is 15.0. The van der Waals surface area contributed by atoms with E-state index < -0.39 is 45.8 Å². The summed E-state index contributed by atoms with van der Waals surface area (Å²) in [5.74, 6) is -2.52. The van der Waals surface area contributed by atoms with Gasteiger partial charge in [-0.15, -0.1) is 0 Å². The van der Waals surface area contributed by atoms with E-state index in [1.54, 1.807) is 0 Å². The van der Waals surface area contributed by atoms with Crippen LogP contribution >= 0.6 is 0 Å². The van der Waals surface area contributed by atoms with Gasteiger partial charge in [0.1, 0.15) is 0 Å². The molecule has 12 nitrogen and oxygen atoms in total. The summed E-state index contributed by atoms with van der Waals surface area (Å²) in [6.07, 6.45) is 0. The molecule has 114 valence electrons. The van der Waals surface area contributed by atoms with E-state index in [0.29, 0.717) is 0 Å². The zero-order valence-corrected chi connectivity index (χ0v) is 11.6. The van der Waals surface area contributed by atoms with Gasteiger partial charge in [0, 0.05) is 0 Å². The third-order valence-electron chi connectivity index (χ3n) is 0.723. The van der Waals surface area contributed by atoms with Gasteiger partial charge in [0.15, 0.2) is 0 Å². The van der Waals surface area contributed by atoms with Crippen molar-refractivity contribution in [2.24, 2.45) is 11.5 Å². The molecule has 0 aliphatic heterocycles. The van der Waals surface area contributed by atoms with E-state index in [1.165, 1.54) is 0 Å². The van der Waals surface area contributed by atoms with Crippen LogP contribution in [0.25, 0.3) is 0 Å². The van der Waals surface area contributed by atoms with Crippen molar-refractivity contribution in [1.82, 2.24) is 0 Å². The van der Waals surface area contributed by atoms with Crippen LogP contribution in [-0.4, -0.2) is 51.0 Å². The molecular weight excluding hydrogens is 356 g/mol. The smallest absolute Gasteiger partial charge is 0.716 e. The Hall–Kier alpha value is -0.801. The molecule has 0 bridgehead atoms. The molecule has 0 radical (unpaired) electrons. The summed E-state index contributed by atoms with van der Waals surface area (Å²) in [7, 11) is -9.83. The Morgan fingerprint density at radius 2 is 1.05 bits per heavy atom. The van der Waals surface area contributed by atoms with Crippen LogP contribution in [0.15, 0.2) is 0 Å². The Bertz CT molecular complexity index is 438. The van der Waals surface area contributed by atoms with Crippen LogP contribution in [0.1, 0.15) is 0 Å². The SMILES string of the molecule is NCC(=O)OS(=O)(=O)[O-].NCC(=O)OS(=O)(=O)[O-].[Fe+2]. The first-order valence-corrected chi connectivity index (χ1v) is 6.34. The zero-order valence-electron chi connectivity index (χ0n) is 8.82. The second-order valence-electron chi connectivity index (χ2n) is 2.14. The number of carbonyl (C=O) groups excluding carboxylic acids is 2. The van der Waals surface area contributed by atoms with Crippen molar-refractivity contribution in [1.29, 1.82) is 0 Å². The number of hydrogen-bond acceptors (Lipinski definition) is 12. The standard InChI is InChI=1S/2C2H5NO5S.Fe/c2*3-1-2(4)8-9(5,6)7;/h2*1,3H2,(H,5,6,7);/q;;+2/p-2. The fourth-order valence-electron chi connectivity index (χ4n) is 0.296. The third-order valence-corrected chi connectivity index (χ3v) is 1.50. The minimum Gasteiger partial charge on any atom is -0.716 e. The summed E-state index contributed by atoms with van der Waals surface area (Å²) in [4.78, 5) is 19.8. The molecule has 0 aromatic heterocycles. The van der Waals surface area contributed by atoms with Crippen LogP contribution in [0, 0.1) is 0 Å². The average Bonchev–Trinajstić information content (AvgIpc) is 2.13. The molecule has 0 aromatic rings. The fourth-order valence-corrected chi connectivity index (χ4v) is 0.887. The van der Waals surface area contributed by atoms with Gasteiger partial charge in [-0.25, -0.2) is 26.4 Å². The largest absolute Gasteiger partial charge is 2.00 e. The number of nitrogens with two attached hydrogens (primary N) is 2. The van der Waals surface area contributed by atoms with Gasteiger partial charge in [0.05, 0.1) is 13.1 Å². The first kappa shape index (κ1) is 23.3. The van der Waals surface area contributed by atoms with Crippen molar-refractivity contribution >= 4 is 32.7 Å². The summed E-state index contributed by atoms with van der Waals surface area (Å²) < 4.78 is 63.8. The Kier molecular flexibility index (Phi) is 12.3. The quantitative estimate of drug-likeness (QED) is 0.276. The molecule has 0 aromatic carbocycles. The second-order valence-corrected chi connectivity index (χ2v) is 4.10. The molecule has 0 spiro atoms. The topological polar surface area (TPSA) is 219 Å².